The molecule has 0 aliphatic carbocycles. The highest BCUT2D eigenvalue weighted by Gasteiger charge is 1.90. The molecule has 0 aromatic rings. The van der Waals surface area contributed by atoms with Gasteiger partial charge in [-0.3, -0.25) is 5.32 Å². The number of alkyl halides is 1. The molecule has 0 amide bonds. The summed E-state index contributed by atoms with van der Waals surface area (Å²) in [7, 11) is 1.70. The number of hydrogen-bond donors (Lipinski definition) is 2. The van der Waals surface area contributed by atoms with Crippen molar-refractivity contribution in [2.24, 2.45) is 0 Å². The zero-order chi connectivity index (χ0) is 4.99. The van der Waals surface area contributed by atoms with Gasteiger partial charge in [-0.25, -0.2) is 0 Å². The first-order chi connectivity index (χ1) is 2.81. The van der Waals surface area contributed by atoms with Crippen LogP contribution in [-0.4, -0.2) is 23.7 Å². The van der Waals surface area contributed by atoms with Crippen LogP contribution in [0.3, 0.4) is 0 Å². The fourth-order valence-electron chi connectivity index (χ4n) is 0.0772. The molecule has 0 aromatic carbocycles. The molecular weight excluding hydrogens is 146 g/mol. The van der Waals surface area contributed by atoms with Crippen LogP contribution in [0, 0.1) is 0 Å². The maximum Gasteiger partial charge on any atom is 0.114 e. The standard InChI is InChI=1S/C3H8BrNO/c1-5-3(6)2-4/h3,5-6H,2H2,1H3. The lowest BCUT2D eigenvalue weighted by atomic mass is 10.7. The van der Waals surface area contributed by atoms with Crippen LogP contribution in [0.4, 0.5) is 0 Å². The van der Waals surface area contributed by atoms with Crippen LogP contribution in [-0.2, 0) is 0 Å². The first kappa shape index (κ1) is 6.40. The van der Waals surface area contributed by atoms with Crippen molar-refractivity contribution >= 4 is 15.9 Å². The minimum Gasteiger partial charge on any atom is -0.378 e. The summed E-state index contributed by atoms with van der Waals surface area (Å²) in [6.07, 6.45) is -0.398. The molecule has 0 rings (SSSR count). The summed E-state index contributed by atoms with van der Waals surface area (Å²) in [6, 6.07) is 0. The van der Waals surface area contributed by atoms with E-state index in [2.05, 4.69) is 21.2 Å². The highest BCUT2D eigenvalue weighted by molar-refractivity contribution is 9.09. The first-order valence-corrected chi connectivity index (χ1v) is 2.84. The molecule has 2 nitrogen and oxygen atoms in total. The molecule has 0 saturated carbocycles. The third-order valence-electron chi connectivity index (χ3n) is 0.479. The normalized spacial score (nSPS) is 14.5. The predicted molar refractivity (Wildman–Crippen MR) is 28.9 cm³/mol. The molecule has 0 aliphatic heterocycles. The van der Waals surface area contributed by atoms with Crippen molar-refractivity contribution in [1.82, 2.24) is 5.32 Å². The average molecular weight is 154 g/mol. The van der Waals surface area contributed by atoms with Gasteiger partial charge in [0, 0.05) is 5.33 Å². The number of aliphatic hydroxyl groups excluding tert-OH is 1. The Hall–Kier alpha value is 0.400. The van der Waals surface area contributed by atoms with Gasteiger partial charge < -0.3 is 5.11 Å². The number of rotatable bonds is 2. The van der Waals surface area contributed by atoms with E-state index >= 15 is 0 Å². The Morgan fingerprint density at radius 2 is 2.50 bits per heavy atom. The third-order valence-corrected chi connectivity index (χ3v) is 1.09. The summed E-state index contributed by atoms with van der Waals surface area (Å²) < 4.78 is 0. The Balaban J connectivity index is 2.75. The second kappa shape index (κ2) is 3.59. The fourth-order valence-corrected chi connectivity index (χ4v) is 0.401. The second-order valence-corrected chi connectivity index (χ2v) is 1.61. The Bertz CT molecular complexity index is 30.0. The molecule has 3 heteroatoms. The molecule has 0 aromatic heterocycles. The van der Waals surface area contributed by atoms with Crippen molar-refractivity contribution in [1.29, 1.82) is 0 Å². The van der Waals surface area contributed by atoms with Gasteiger partial charge >= 0.3 is 0 Å². The van der Waals surface area contributed by atoms with Crippen molar-refractivity contribution in [3.8, 4) is 0 Å². The highest BCUT2D eigenvalue weighted by Crippen LogP contribution is 1.81. The van der Waals surface area contributed by atoms with Gasteiger partial charge in [0.05, 0.1) is 0 Å². The van der Waals surface area contributed by atoms with Gasteiger partial charge in [-0.1, -0.05) is 15.9 Å². The minimum absolute atomic E-state index is 0.398. The quantitative estimate of drug-likeness (QED) is 0.430. The summed E-state index contributed by atoms with van der Waals surface area (Å²) >= 11 is 3.06. The number of halogens is 1. The molecule has 0 heterocycles. The molecule has 0 bridgehead atoms. The maximum atomic E-state index is 8.51. The molecule has 2 N–H and O–H groups in total. The molecule has 0 saturated heterocycles. The predicted octanol–water partition coefficient (Wildman–Crippen LogP) is -0.0809. The Kier molecular flexibility index (Phi) is 3.82. The van der Waals surface area contributed by atoms with Gasteiger partial charge in [0.1, 0.15) is 6.23 Å². The number of aliphatic hydroxyl groups is 1. The smallest absolute Gasteiger partial charge is 0.114 e. The summed E-state index contributed by atoms with van der Waals surface area (Å²) in [5.74, 6) is 0. The Morgan fingerprint density at radius 1 is 2.00 bits per heavy atom. The Morgan fingerprint density at radius 3 is 2.50 bits per heavy atom. The topological polar surface area (TPSA) is 32.3 Å². The molecule has 0 fully saturated rings. The van der Waals surface area contributed by atoms with E-state index in [0.29, 0.717) is 5.33 Å². The monoisotopic (exact) mass is 153 g/mol. The maximum absolute atomic E-state index is 8.51. The average Bonchev–Trinajstić information content (AvgIpc) is 1.65. The molecule has 0 aliphatic rings. The van der Waals surface area contributed by atoms with E-state index in [-0.39, 0.29) is 0 Å². The third kappa shape index (κ3) is 2.63. The fraction of sp³-hybridized carbons (Fsp3) is 1.00. The van der Waals surface area contributed by atoms with E-state index in [9.17, 15) is 0 Å². The van der Waals surface area contributed by atoms with E-state index < -0.39 is 6.23 Å². The Labute approximate surface area is 45.7 Å². The zero-order valence-corrected chi connectivity index (χ0v) is 5.20. The lowest BCUT2D eigenvalue weighted by Crippen LogP contribution is -2.25. The highest BCUT2D eigenvalue weighted by atomic mass is 79.9. The summed E-state index contributed by atoms with van der Waals surface area (Å²) in [4.78, 5) is 0. The van der Waals surface area contributed by atoms with Crippen LogP contribution in [0.5, 0.6) is 0 Å². The van der Waals surface area contributed by atoms with Gasteiger partial charge in [-0.15, -0.1) is 0 Å². The van der Waals surface area contributed by atoms with Crippen molar-refractivity contribution in [2.75, 3.05) is 12.4 Å². The van der Waals surface area contributed by atoms with Crippen LogP contribution in [0.15, 0.2) is 0 Å². The van der Waals surface area contributed by atoms with Crippen molar-refractivity contribution in [3.63, 3.8) is 0 Å². The molecule has 1 unspecified atom stereocenters. The van der Waals surface area contributed by atoms with E-state index in [1.54, 1.807) is 7.05 Å². The second-order valence-electron chi connectivity index (χ2n) is 0.959. The molecule has 6 heavy (non-hydrogen) atoms. The van der Waals surface area contributed by atoms with Crippen molar-refractivity contribution < 1.29 is 5.11 Å². The van der Waals surface area contributed by atoms with Crippen molar-refractivity contribution in [3.05, 3.63) is 0 Å². The number of hydrogen-bond acceptors (Lipinski definition) is 2. The van der Waals surface area contributed by atoms with Crippen LogP contribution in [0.1, 0.15) is 0 Å². The van der Waals surface area contributed by atoms with Crippen LogP contribution in [0.25, 0.3) is 0 Å². The van der Waals surface area contributed by atoms with Crippen LogP contribution >= 0.6 is 15.9 Å². The van der Waals surface area contributed by atoms with E-state index in [1.165, 1.54) is 0 Å². The molecule has 0 spiro atoms. The summed E-state index contributed by atoms with van der Waals surface area (Å²) in [5, 5.41) is 11.7. The lowest BCUT2D eigenvalue weighted by molar-refractivity contribution is 0.173. The van der Waals surface area contributed by atoms with E-state index in [4.69, 9.17) is 5.11 Å². The number of nitrogens with one attached hydrogen (secondary N) is 1. The van der Waals surface area contributed by atoms with Crippen LogP contribution < -0.4 is 5.32 Å². The SMILES string of the molecule is CNC(O)CBr. The lowest BCUT2D eigenvalue weighted by Gasteiger charge is -2.00. The molecule has 0 radical (unpaired) electrons. The van der Waals surface area contributed by atoms with Crippen molar-refractivity contribution in [2.45, 2.75) is 6.23 Å². The van der Waals surface area contributed by atoms with Gasteiger partial charge in [-0.2, -0.15) is 0 Å². The minimum atomic E-state index is -0.398. The molecule has 38 valence electrons. The zero-order valence-electron chi connectivity index (χ0n) is 3.61. The van der Waals surface area contributed by atoms with Gasteiger partial charge in [0.2, 0.25) is 0 Å². The van der Waals surface area contributed by atoms with Gasteiger partial charge in [-0.05, 0) is 7.05 Å². The van der Waals surface area contributed by atoms with Gasteiger partial charge in [0.25, 0.3) is 0 Å². The first-order valence-electron chi connectivity index (χ1n) is 1.72. The van der Waals surface area contributed by atoms with Gasteiger partial charge in [0.15, 0.2) is 0 Å². The summed E-state index contributed by atoms with van der Waals surface area (Å²) in [6.45, 7) is 0. The van der Waals surface area contributed by atoms with E-state index in [0.717, 1.165) is 0 Å². The van der Waals surface area contributed by atoms with Crippen LogP contribution in [0.2, 0.25) is 0 Å². The molecular formula is C3H8BrNO. The molecule has 1 atom stereocenters. The largest absolute Gasteiger partial charge is 0.378 e. The van der Waals surface area contributed by atoms with E-state index in [1.807, 2.05) is 0 Å². The summed E-state index contributed by atoms with van der Waals surface area (Å²) in [5.41, 5.74) is 0.